The van der Waals surface area contributed by atoms with Crippen molar-refractivity contribution in [2.45, 2.75) is 23.8 Å². The van der Waals surface area contributed by atoms with Crippen LogP contribution >= 0.6 is 22.6 Å². The number of para-hydroxylation sites is 1. The molecule has 0 aliphatic rings. The molecule has 12 heteroatoms. The van der Waals surface area contributed by atoms with Gasteiger partial charge in [0, 0.05) is 25.0 Å². The Morgan fingerprint density at radius 3 is 2.56 bits per heavy atom. The lowest BCUT2D eigenvalue weighted by molar-refractivity contribution is 0.0940. The zero-order chi connectivity index (χ0) is 30.2. The second-order valence-electron chi connectivity index (χ2n) is 9.99. The van der Waals surface area contributed by atoms with E-state index in [1.807, 2.05) is 50.4 Å². The minimum atomic E-state index is -0.698. The number of carbonyl (C=O) groups is 1. The van der Waals surface area contributed by atoms with Gasteiger partial charge in [-0.25, -0.2) is 14.5 Å². The Kier molecular flexibility index (Phi) is 7.41. The van der Waals surface area contributed by atoms with Crippen molar-refractivity contribution in [3.05, 3.63) is 112 Å². The fraction of sp³-hybridized carbons (Fsp3) is 0.161. The number of nitrogens with two attached hydrogens (primary N) is 1. The second-order valence-corrected chi connectivity index (χ2v) is 11.9. The first-order chi connectivity index (χ1) is 20.7. The number of carbonyl (C=O) groups excluding carboxylic acids is 1. The zero-order valence-electron chi connectivity index (χ0n) is 23.5. The molecule has 0 bridgehead atoms. The highest BCUT2D eigenvalue weighted by Gasteiger charge is 2.25. The van der Waals surface area contributed by atoms with Crippen molar-refractivity contribution in [3.8, 4) is 17.5 Å². The van der Waals surface area contributed by atoms with E-state index in [4.69, 9.17) is 10.7 Å². The van der Waals surface area contributed by atoms with Crippen LogP contribution in [0.5, 0.6) is 0 Å². The van der Waals surface area contributed by atoms with Gasteiger partial charge in [-0.1, -0.05) is 58.7 Å². The second kappa shape index (κ2) is 11.3. The molecular formula is C31H26IN9O2. The molecule has 2 unspecified atom stereocenters. The van der Waals surface area contributed by atoms with Gasteiger partial charge >= 0.3 is 0 Å². The predicted molar refractivity (Wildman–Crippen MR) is 172 cm³/mol. The quantitative estimate of drug-likeness (QED) is 0.158. The van der Waals surface area contributed by atoms with Gasteiger partial charge in [0.15, 0.2) is 11.5 Å². The van der Waals surface area contributed by atoms with Crippen molar-refractivity contribution < 1.29 is 4.79 Å². The van der Waals surface area contributed by atoms with Gasteiger partial charge in [0.1, 0.15) is 11.4 Å². The summed E-state index contributed by atoms with van der Waals surface area (Å²) in [6.45, 7) is 3.77. The highest BCUT2D eigenvalue weighted by molar-refractivity contribution is 14.1. The van der Waals surface area contributed by atoms with E-state index in [0.717, 1.165) is 11.3 Å². The Bertz CT molecular complexity index is 2140. The van der Waals surface area contributed by atoms with Crippen molar-refractivity contribution in [3.63, 3.8) is 0 Å². The van der Waals surface area contributed by atoms with Crippen LogP contribution in [0, 0.1) is 11.8 Å². The number of halogens is 1. The predicted octanol–water partition coefficient (Wildman–Crippen LogP) is 4.13. The third-order valence-corrected chi connectivity index (χ3v) is 7.53. The summed E-state index contributed by atoms with van der Waals surface area (Å²) >= 11 is 2.26. The number of hydrogen-bond donors (Lipinski definition) is 2. The van der Waals surface area contributed by atoms with Crippen molar-refractivity contribution in [2.75, 3.05) is 5.73 Å². The molecule has 0 fully saturated rings. The lowest BCUT2D eigenvalue weighted by Gasteiger charge is -2.20. The van der Waals surface area contributed by atoms with Crippen LogP contribution in [0.25, 0.3) is 22.2 Å². The minimum Gasteiger partial charge on any atom is -0.381 e. The first-order valence-electron chi connectivity index (χ1n) is 13.4. The number of alkyl halides is 1. The summed E-state index contributed by atoms with van der Waals surface area (Å²) in [7, 11) is 1.82. The van der Waals surface area contributed by atoms with Crippen LogP contribution in [0.3, 0.4) is 0 Å². The smallest absolute Gasteiger partial charge is 0.267 e. The summed E-state index contributed by atoms with van der Waals surface area (Å²) in [6, 6.07) is 15.7. The molecule has 4 aromatic heterocycles. The number of aromatic nitrogens is 7. The highest BCUT2D eigenvalue weighted by atomic mass is 127. The molecule has 0 radical (unpaired) electrons. The van der Waals surface area contributed by atoms with Crippen molar-refractivity contribution in [1.82, 2.24) is 39.2 Å². The van der Waals surface area contributed by atoms with Gasteiger partial charge in [-0.3, -0.25) is 18.8 Å². The monoisotopic (exact) mass is 683 g/mol. The van der Waals surface area contributed by atoms with Crippen molar-refractivity contribution >= 4 is 50.9 Å². The van der Waals surface area contributed by atoms with Crippen molar-refractivity contribution in [1.29, 1.82) is 0 Å². The Morgan fingerprint density at radius 1 is 1.05 bits per heavy atom. The number of amides is 1. The number of hydrogen-bond acceptors (Lipinski definition) is 7. The third-order valence-electron chi connectivity index (χ3n) is 6.89. The highest BCUT2D eigenvalue weighted by Crippen LogP contribution is 2.25. The molecule has 1 amide bonds. The first-order valence-corrected chi connectivity index (χ1v) is 14.7. The fourth-order valence-electron chi connectivity index (χ4n) is 4.83. The number of nitrogen functional groups attached to an aromatic ring is 1. The van der Waals surface area contributed by atoms with Crippen LogP contribution < -0.4 is 16.6 Å². The first kappa shape index (κ1) is 28.1. The topological polar surface area (TPSA) is 138 Å². The molecule has 0 aliphatic carbocycles. The van der Waals surface area contributed by atoms with Crippen LogP contribution in [0.4, 0.5) is 5.82 Å². The molecule has 0 aliphatic heterocycles. The summed E-state index contributed by atoms with van der Waals surface area (Å²) in [5.41, 5.74) is 9.52. The Labute approximate surface area is 259 Å². The number of rotatable bonds is 5. The van der Waals surface area contributed by atoms with E-state index >= 15 is 0 Å². The maximum atomic E-state index is 14.2. The molecule has 0 saturated carbocycles. The molecule has 43 heavy (non-hydrogen) atoms. The molecule has 2 aromatic carbocycles. The van der Waals surface area contributed by atoms with Gasteiger partial charge in [-0.2, -0.15) is 5.10 Å². The van der Waals surface area contributed by atoms with Crippen LogP contribution in [0.2, 0.25) is 0 Å². The zero-order valence-corrected chi connectivity index (χ0v) is 25.6. The Balaban J connectivity index is 1.46. The number of anilines is 1. The molecule has 0 saturated heterocycles. The van der Waals surface area contributed by atoms with E-state index in [2.05, 4.69) is 54.9 Å². The van der Waals surface area contributed by atoms with Crippen LogP contribution in [0.1, 0.15) is 56.8 Å². The third kappa shape index (κ3) is 5.35. The lowest BCUT2D eigenvalue weighted by Crippen LogP contribution is -2.33. The van der Waals surface area contributed by atoms with E-state index in [1.165, 1.54) is 9.08 Å². The summed E-state index contributed by atoms with van der Waals surface area (Å²) in [4.78, 5) is 37.4. The average Bonchev–Trinajstić information content (AvgIpc) is 3.56. The summed E-state index contributed by atoms with van der Waals surface area (Å²) in [5.74, 6) is 6.12. The number of fused-ring (bicyclic) bond motifs is 2. The molecular weight excluding hydrogens is 657 g/mol. The van der Waals surface area contributed by atoms with E-state index in [-0.39, 0.29) is 20.9 Å². The van der Waals surface area contributed by atoms with E-state index in [0.29, 0.717) is 33.6 Å². The number of benzene rings is 2. The van der Waals surface area contributed by atoms with Crippen LogP contribution in [-0.4, -0.2) is 39.8 Å². The number of nitrogens with zero attached hydrogens (tertiary/aromatic N) is 7. The molecule has 6 aromatic rings. The largest absolute Gasteiger partial charge is 0.381 e. The van der Waals surface area contributed by atoms with Crippen LogP contribution in [0.15, 0.2) is 78.0 Å². The Hall–Kier alpha value is -5.03. The summed E-state index contributed by atoms with van der Waals surface area (Å²) in [6.07, 6.45) is 5.20. The number of nitrogens with one attached hydrogen (secondary N) is 1. The van der Waals surface area contributed by atoms with Gasteiger partial charge in [-0.05, 0) is 44.2 Å². The van der Waals surface area contributed by atoms with Gasteiger partial charge in [-0.15, -0.1) is 5.10 Å². The molecule has 0 spiro atoms. The molecule has 4 heterocycles. The van der Waals surface area contributed by atoms with Gasteiger partial charge in [0.05, 0.1) is 44.0 Å². The molecule has 3 N–H and O–H groups in total. The lowest BCUT2D eigenvalue weighted by atomic mass is 10.1. The molecule has 11 nitrogen and oxygen atoms in total. The SMILES string of the molecule is CC(I)c1ccn2nc(N)c(C(=O)NC(C)c3nc4cccc(C#Cc5cnn(C)c5)c4c(=O)n3-c3ccccc3)c2n1. The molecule has 6 rings (SSSR count). The number of aryl methyl sites for hydroxylation is 1. The standard InChI is InChI=1S/C31H26IN9O2/c1-18(32)23-14-15-40-29(36-23)26(27(33)38-40)30(42)35-19(2)28-37-24-11-7-8-21(13-12-20-16-34-39(3)17-20)25(24)31(43)41(28)22-9-5-4-6-10-22/h4-11,14-19H,1-3H3,(H2,33,38)(H,35,42). The normalized spacial score (nSPS) is 12.6. The van der Waals surface area contributed by atoms with Crippen molar-refractivity contribution in [2.24, 2.45) is 7.05 Å². The summed E-state index contributed by atoms with van der Waals surface area (Å²) < 4.78 is 4.78. The van der Waals surface area contributed by atoms with Gasteiger partial charge < -0.3 is 11.1 Å². The Morgan fingerprint density at radius 2 is 1.84 bits per heavy atom. The average molecular weight is 684 g/mol. The molecule has 214 valence electrons. The minimum absolute atomic E-state index is 0.0548. The van der Waals surface area contributed by atoms with E-state index in [1.54, 1.807) is 48.4 Å². The van der Waals surface area contributed by atoms with Gasteiger partial charge in [0.25, 0.3) is 11.5 Å². The summed E-state index contributed by atoms with van der Waals surface area (Å²) in [5, 5.41) is 11.8. The van der Waals surface area contributed by atoms with Gasteiger partial charge in [0.2, 0.25) is 0 Å². The maximum absolute atomic E-state index is 14.2. The van der Waals surface area contributed by atoms with E-state index in [9.17, 15) is 9.59 Å². The maximum Gasteiger partial charge on any atom is 0.267 e. The fourth-order valence-corrected chi connectivity index (χ4v) is 5.17. The van der Waals surface area contributed by atoms with E-state index < -0.39 is 11.9 Å². The molecule has 2 atom stereocenters. The van der Waals surface area contributed by atoms with Crippen LogP contribution in [-0.2, 0) is 7.05 Å².